The summed E-state index contributed by atoms with van der Waals surface area (Å²) in [6, 6.07) is 11.5. The molecule has 0 saturated heterocycles. The molecule has 2 aromatic rings. The van der Waals surface area contributed by atoms with Crippen LogP contribution in [0.5, 0.6) is 11.5 Å². The first kappa shape index (κ1) is 27.8. The van der Waals surface area contributed by atoms with E-state index < -0.39 is 9.84 Å². The van der Waals surface area contributed by atoms with Crippen LogP contribution < -0.4 is 9.47 Å². The molecular formula is C25H31Cl3O4S. The molecule has 0 N–H and O–H groups in total. The van der Waals surface area contributed by atoms with Gasteiger partial charge in [-0.1, -0.05) is 62.2 Å². The molecule has 0 spiro atoms. The Morgan fingerprint density at radius 3 is 2.18 bits per heavy atom. The van der Waals surface area contributed by atoms with Gasteiger partial charge in [0.2, 0.25) is 0 Å². The lowest BCUT2D eigenvalue weighted by Crippen LogP contribution is -2.22. The van der Waals surface area contributed by atoms with Gasteiger partial charge in [0.25, 0.3) is 0 Å². The topological polar surface area (TPSA) is 52.6 Å². The zero-order valence-electron chi connectivity index (χ0n) is 19.2. The second kappa shape index (κ2) is 12.3. The first-order valence-corrected chi connectivity index (χ1v) is 13.9. The predicted molar refractivity (Wildman–Crippen MR) is 139 cm³/mol. The summed E-state index contributed by atoms with van der Waals surface area (Å²) >= 11 is 18.6. The molecule has 0 aliphatic carbocycles. The van der Waals surface area contributed by atoms with Crippen molar-refractivity contribution in [2.24, 2.45) is 5.92 Å². The summed E-state index contributed by atoms with van der Waals surface area (Å²) < 4.78 is 35.2. The van der Waals surface area contributed by atoms with Crippen LogP contribution in [0, 0.1) is 5.92 Å². The van der Waals surface area contributed by atoms with Crippen molar-refractivity contribution in [2.75, 3.05) is 30.6 Å². The van der Waals surface area contributed by atoms with E-state index in [-0.39, 0.29) is 29.4 Å². The number of benzene rings is 2. The van der Waals surface area contributed by atoms with E-state index in [1.807, 2.05) is 36.4 Å². The largest absolute Gasteiger partial charge is 0.493 e. The molecule has 0 amide bonds. The standard InChI is InChI=1S/C25H31Cl3O4S/c1-5-18(17-33(29,30)6-2)16-32-21-10-8-19(9-11-21)25(3,4)20-14-22(27)24(23(28)15-20)31-13-7-12-26/h5,8-11,14-15,18H,1,6-7,12-13,16-17H2,2-4H3/t18-/m0/s1. The van der Waals surface area contributed by atoms with E-state index in [1.165, 1.54) is 0 Å². The van der Waals surface area contributed by atoms with E-state index >= 15 is 0 Å². The van der Waals surface area contributed by atoms with Gasteiger partial charge in [0.15, 0.2) is 15.6 Å². The van der Waals surface area contributed by atoms with Crippen LogP contribution in [0.1, 0.15) is 38.3 Å². The van der Waals surface area contributed by atoms with Crippen LogP contribution in [0.4, 0.5) is 0 Å². The summed E-state index contributed by atoms with van der Waals surface area (Å²) in [5.74, 6) is 1.51. The van der Waals surface area contributed by atoms with Crippen LogP contribution in [0.3, 0.4) is 0 Å². The molecule has 0 aliphatic heterocycles. The Hall–Kier alpha value is -1.40. The second-order valence-electron chi connectivity index (χ2n) is 8.32. The van der Waals surface area contributed by atoms with Crippen molar-refractivity contribution in [3.63, 3.8) is 0 Å². The summed E-state index contributed by atoms with van der Waals surface area (Å²) in [7, 11) is -3.10. The Morgan fingerprint density at radius 1 is 1.06 bits per heavy atom. The molecule has 8 heteroatoms. The molecule has 0 heterocycles. The molecule has 1 atom stereocenters. The van der Waals surface area contributed by atoms with Crippen LogP contribution in [0.2, 0.25) is 10.0 Å². The van der Waals surface area contributed by atoms with Gasteiger partial charge in [-0.05, 0) is 41.8 Å². The first-order valence-electron chi connectivity index (χ1n) is 10.8. The summed E-state index contributed by atoms with van der Waals surface area (Å²) in [6.45, 7) is 10.2. The maximum atomic E-state index is 11.9. The van der Waals surface area contributed by atoms with Gasteiger partial charge in [-0.25, -0.2) is 8.42 Å². The van der Waals surface area contributed by atoms with Gasteiger partial charge < -0.3 is 9.47 Å². The highest BCUT2D eigenvalue weighted by Crippen LogP contribution is 2.40. The maximum absolute atomic E-state index is 11.9. The Morgan fingerprint density at radius 2 is 1.67 bits per heavy atom. The number of rotatable bonds is 13. The highest BCUT2D eigenvalue weighted by molar-refractivity contribution is 7.91. The molecule has 4 nitrogen and oxygen atoms in total. The fourth-order valence-corrected chi connectivity index (χ4v) is 5.08. The normalized spacial score (nSPS) is 12.9. The third kappa shape index (κ3) is 7.81. The molecule has 0 aliphatic rings. The van der Waals surface area contributed by atoms with Crippen molar-refractivity contribution in [1.29, 1.82) is 0 Å². The van der Waals surface area contributed by atoms with E-state index in [1.54, 1.807) is 13.0 Å². The van der Waals surface area contributed by atoms with Crippen LogP contribution in [0.25, 0.3) is 0 Å². The fraction of sp³-hybridized carbons (Fsp3) is 0.440. The first-order chi connectivity index (χ1) is 15.5. The molecule has 182 valence electrons. The molecule has 0 saturated carbocycles. The van der Waals surface area contributed by atoms with Crippen molar-refractivity contribution in [2.45, 2.75) is 32.6 Å². The third-order valence-corrected chi connectivity index (χ3v) is 8.17. The van der Waals surface area contributed by atoms with E-state index in [0.29, 0.717) is 40.5 Å². The summed E-state index contributed by atoms with van der Waals surface area (Å²) in [4.78, 5) is 0. The molecule has 0 fully saturated rings. The quantitative estimate of drug-likeness (QED) is 0.159. The minimum Gasteiger partial charge on any atom is -0.493 e. The van der Waals surface area contributed by atoms with Crippen molar-refractivity contribution in [1.82, 2.24) is 0 Å². The van der Waals surface area contributed by atoms with Gasteiger partial charge in [-0.15, -0.1) is 18.2 Å². The van der Waals surface area contributed by atoms with Gasteiger partial charge in [0.05, 0.1) is 29.0 Å². The second-order valence-corrected chi connectivity index (χ2v) is 11.9. The fourth-order valence-electron chi connectivity index (χ4n) is 3.25. The summed E-state index contributed by atoms with van der Waals surface area (Å²) in [6.07, 6.45) is 2.33. The molecule has 33 heavy (non-hydrogen) atoms. The third-order valence-electron chi connectivity index (χ3n) is 5.53. The highest BCUT2D eigenvalue weighted by Gasteiger charge is 2.26. The van der Waals surface area contributed by atoms with Gasteiger partial charge in [-0.2, -0.15) is 0 Å². The minimum atomic E-state index is -3.10. The number of hydrogen-bond donors (Lipinski definition) is 0. The average molecular weight is 534 g/mol. The van der Waals surface area contributed by atoms with Gasteiger partial charge in [-0.3, -0.25) is 0 Å². The van der Waals surface area contributed by atoms with Gasteiger partial charge in [0, 0.05) is 23.0 Å². The Kier molecular flexibility index (Phi) is 10.4. The lowest BCUT2D eigenvalue weighted by Gasteiger charge is -2.27. The zero-order chi connectivity index (χ0) is 24.6. The smallest absolute Gasteiger partial charge is 0.156 e. The number of ether oxygens (including phenoxy) is 2. The maximum Gasteiger partial charge on any atom is 0.156 e. The summed E-state index contributed by atoms with van der Waals surface area (Å²) in [5, 5.41) is 0.912. The molecule has 0 unspecified atom stereocenters. The lowest BCUT2D eigenvalue weighted by atomic mass is 9.78. The van der Waals surface area contributed by atoms with Gasteiger partial charge >= 0.3 is 0 Å². The molecule has 0 radical (unpaired) electrons. The SMILES string of the molecule is C=C[C@@H](COc1ccc(C(C)(C)c2cc(Cl)c(OCCCCl)c(Cl)c2)cc1)CS(=O)(=O)CC. The van der Waals surface area contributed by atoms with E-state index in [4.69, 9.17) is 44.3 Å². The minimum absolute atomic E-state index is 0.0330. The Balaban J connectivity index is 2.13. The summed E-state index contributed by atoms with van der Waals surface area (Å²) in [5.41, 5.74) is 1.62. The molecule has 2 rings (SSSR count). The molecule has 0 bridgehead atoms. The average Bonchev–Trinajstić information content (AvgIpc) is 2.78. The van der Waals surface area contributed by atoms with E-state index in [9.17, 15) is 8.42 Å². The monoisotopic (exact) mass is 532 g/mol. The number of halogens is 3. The van der Waals surface area contributed by atoms with Crippen LogP contribution in [0.15, 0.2) is 49.1 Å². The van der Waals surface area contributed by atoms with Crippen LogP contribution >= 0.6 is 34.8 Å². The lowest BCUT2D eigenvalue weighted by molar-refractivity contribution is 0.285. The van der Waals surface area contributed by atoms with Crippen LogP contribution in [-0.2, 0) is 15.3 Å². The van der Waals surface area contributed by atoms with Crippen molar-refractivity contribution in [3.05, 3.63) is 70.2 Å². The van der Waals surface area contributed by atoms with Crippen molar-refractivity contribution in [3.8, 4) is 11.5 Å². The zero-order valence-corrected chi connectivity index (χ0v) is 22.3. The van der Waals surface area contributed by atoms with Crippen molar-refractivity contribution < 1.29 is 17.9 Å². The Labute approximate surface area is 212 Å². The Bertz CT molecular complexity index is 1010. The molecule has 2 aromatic carbocycles. The molecular weight excluding hydrogens is 503 g/mol. The number of alkyl halides is 1. The van der Waals surface area contributed by atoms with E-state index in [2.05, 4.69) is 20.4 Å². The predicted octanol–water partition coefficient (Wildman–Crippen LogP) is 6.94. The van der Waals surface area contributed by atoms with E-state index in [0.717, 1.165) is 11.1 Å². The van der Waals surface area contributed by atoms with Crippen molar-refractivity contribution >= 4 is 44.6 Å². The molecule has 0 aromatic heterocycles. The highest BCUT2D eigenvalue weighted by atomic mass is 35.5. The number of sulfone groups is 1. The number of hydrogen-bond acceptors (Lipinski definition) is 4. The van der Waals surface area contributed by atoms with Crippen LogP contribution in [-0.4, -0.2) is 39.0 Å². The van der Waals surface area contributed by atoms with Gasteiger partial charge in [0.1, 0.15) is 5.75 Å².